The lowest BCUT2D eigenvalue weighted by Crippen LogP contribution is -2.31. The van der Waals surface area contributed by atoms with Gasteiger partial charge in [-0.2, -0.15) is 0 Å². The molecule has 6 heteroatoms. The summed E-state index contributed by atoms with van der Waals surface area (Å²) in [5.41, 5.74) is 0. The minimum atomic E-state index is -3.48. The average molecular weight is 271 g/mol. The topological polar surface area (TPSA) is 62.3 Å². The van der Waals surface area contributed by atoms with Crippen molar-refractivity contribution in [2.45, 2.75) is 25.2 Å². The highest BCUT2D eigenvalue weighted by Gasteiger charge is 2.25. The highest BCUT2D eigenvalue weighted by Crippen LogP contribution is 2.22. The van der Waals surface area contributed by atoms with Crippen LogP contribution in [0.5, 0.6) is 0 Å². The molecule has 0 aliphatic rings. The Kier molecular flexibility index (Phi) is 5.10. The van der Waals surface area contributed by atoms with Gasteiger partial charge in [-0.1, -0.05) is 20.3 Å². The molecule has 18 heavy (non-hydrogen) atoms. The van der Waals surface area contributed by atoms with E-state index < -0.39 is 10.0 Å². The van der Waals surface area contributed by atoms with E-state index in [9.17, 15) is 8.42 Å². The van der Waals surface area contributed by atoms with E-state index in [1.54, 1.807) is 32.4 Å². The van der Waals surface area contributed by atoms with Crippen molar-refractivity contribution in [2.24, 2.45) is 5.92 Å². The summed E-state index contributed by atoms with van der Waals surface area (Å²) in [6, 6.07) is 3.20. The van der Waals surface area contributed by atoms with Crippen LogP contribution in [-0.4, -0.2) is 38.3 Å². The van der Waals surface area contributed by atoms with Gasteiger partial charge in [0, 0.05) is 26.8 Å². The summed E-state index contributed by atoms with van der Waals surface area (Å²) >= 11 is 0. The first kappa shape index (κ1) is 14.9. The second-order valence-electron chi connectivity index (χ2n) is 4.40. The van der Waals surface area contributed by atoms with E-state index in [-0.39, 0.29) is 4.90 Å². The van der Waals surface area contributed by atoms with Crippen molar-refractivity contribution in [1.29, 1.82) is 0 Å². The summed E-state index contributed by atoms with van der Waals surface area (Å²) < 4.78 is 26.2. The predicted octanol–water partition coefficient (Wildman–Crippen LogP) is 1.79. The zero-order chi connectivity index (χ0) is 13.8. The minimum Gasteiger partial charge on any atom is -0.372 e. The van der Waals surface area contributed by atoms with Crippen molar-refractivity contribution in [3.63, 3.8) is 0 Å². The Labute approximate surface area is 109 Å². The molecule has 0 aliphatic heterocycles. The third kappa shape index (κ3) is 3.20. The second kappa shape index (κ2) is 6.15. The molecule has 0 saturated heterocycles. The number of rotatable bonds is 6. The Hall–Kier alpha value is -1.14. The molecule has 0 fully saturated rings. The summed E-state index contributed by atoms with van der Waals surface area (Å²) in [6.07, 6.45) is 2.52. The molecule has 1 unspecified atom stereocenters. The maximum absolute atomic E-state index is 12.4. The van der Waals surface area contributed by atoms with Gasteiger partial charge in [0.25, 0.3) is 0 Å². The van der Waals surface area contributed by atoms with E-state index in [1.165, 1.54) is 4.31 Å². The van der Waals surface area contributed by atoms with Gasteiger partial charge in [-0.05, 0) is 18.1 Å². The van der Waals surface area contributed by atoms with Crippen molar-refractivity contribution < 1.29 is 8.42 Å². The molecular weight excluding hydrogens is 250 g/mol. The van der Waals surface area contributed by atoms with Crippen LogP contribution in [0.2, 0.25) is 0 Å². The number of pyridine rings is 1. The molecular formula is C12H21N3O2S. The van der Waals surface area contributed by atoms with Crippen LogP contribution in [0.4, 0.5) is 5.82 Å². The zero-order valence-corrected chi connectivity index (χ0v) is 12.2. The van der Waals surface area contributed by atoms with Crippen LogP contribution in [0, 0.1) is 5.92 Å². The smallest absolute Gasteiger partial charge is 0.246 e. The Morgan fingerprint density at radius 3 is 2.72 bits per heavy atom. The average Bonchev–Trinajstić information content (AvgIpc) is 2.38. The van der Waals surface area contributed by atoms with Gasteiger partial charge in [-0.25, -0.2) is 17.7 Å². The number of hydrogen-bond acceptors (Lipinski definition) is 4. The first-order valence-electron chi connectivity index (χ1n) is 6.02. The molecule has 0 amide bonds. The highest BCUT2D eigenvalue weighted by atomic mass is 32.2. The number of nitrogens with zero attached hydrogens (tertiary/aromatic N) is 2. The van der Waals surface area contributed by atoms with Crippen molar-refractivity contribution in [2.75, 3.05) is 26.0 Å². The Balaban J connectivity index is 3.05. The van der Waals surface area contributed by atoms with Crippen molar-refractivity contribution in [1.82, 2.24) is 9.29 Å². The monoisotopic (exact) mass is 271 g/mol. The van der Waals surface area contributed by atoms with Crippen molar-refractivity contribution in [3.05, 3.63) is 18.3 Å². The number of nitrogens with one attached hydrogen (secondary N) is 1. The lowest BCUT2D eigenvalue weighted by Gasteiger charge is -2.21. The summed E-state index contributed by atoms with van der Waals surface area (Å²) in [6.45, 7) is 4.60. The van der Waals surface area contributed by atoms with Gasteiger partial charge < -0.3 is 5.32 Å². The fourth-order valence-corrected chi connectivity index (χ4v) is 3.06. The molecule has 0 saturated carbocycles. The van der Waals surface area contributed by atoms with Gasteiger partial charge in [0.15, 0.2) is 0 Å². The molecule has 1 atom stereocenters. The number of hydrogen-bond donors (Lipinski definition) is 1. The third-order valence-electron chi connectivity index (χ3n) is 2.96. The summed E-state index contributed by atoms with van der Waals surface area (Å²) in [4.78, 5) is 4.25. The zero-order valence-electron chi connectivity index (χ0n) is 11.3. The molecule has 5 nitrogen and oxygen atoms in total. The van der Waals surface area contributed by atoms with Gasteiger partial charge in [-0.15, -0.1) is 0 Å². The number of aromatic nitrogens is 1. The Morgan fingerprint density at radius 2 is 2.17 bits per heavy atom. The molecule has 1 rings (SSSR count). The molecule has 1 aromatic rings. The van der Waals surface area contributed by atoms with Crippen LogP contribution in [-0.2, 0) is 10.0 Å². The summed E-state index contributed by atoms with van der Waals surface area (Å²) in [5.74, 6) is 0.716. The van der Waals surface area contributed by atoms with Gasteiger partial charge in [0.05, 0.1) is 0 Å². The minimum absolute atomic E-state index is 0.221. The highest BCUT2D eigenvalue weighted by molar-refractivity contribution is 7.89. The van der Waals surface area contributed by atoms with Gasteiger partial charge >= 0.3 is 0 Å². The van der Waals surface area contributed by atoms with Gasteiger partial charge in [0.1, 0.15) is 10.7 Å². The first-order chi connectivity index (χ1) is 8.43. The number of sulfonamides is 1. The molecule has 0 bridgehead atoms. The van der Waals surface area contributed by atoms with Crippen LogP contribution in [0.15, 0.2) is 23.2 Å². The molecule has 0 aromatic carbocycles. The molecule has 0 radical (unpaired) electrons. The summed E-state index contributed by atoms with van der Waals surface area (Å²) in [5, 5.41) is 2.81. The molecule has 1 aromatic heterocycles. The maximum atomic E-state index is 12.4. The normalized spacial score (nSPS) is 13.6. The van der Waals surface area contributed by atoms with E-state index in [4.69, 9.17) is 0 Å². The van der Waals surface area contributed by atoms with Crippen LogP contribution < -0.4 is 5.32 Å². The second-order valence-corrected chi connectivity index (χ2v) is 6.41. The molecule has 102 valence electrons. The van der Waals surface area contributed by atoms with Crippen LogP contribution in [0.1, 0.15) is 20.3 Å². The van der Waals surface area contributed by atoms with Gasteiger partial charge in [-0.3, -0.25) is 0 Å². The van der Waals surface area contributed by atoms with E-state index in [1.807, 2.05) is 13.8 Å². The number of anilines is 1. The lowest BCUT2D eigenvalue weighted by molar-refractivity contribution is 0.393. The summed E-state index contributed by atoms with van der Waals surface area (Å²) in [7, 11) is -0.211. The fourth-order valence-electron chi connectivity index (χ4n) is 1.62. The molecule has 0 spiro atoms. The van der Waals surface area contributed by atoms with E-state index in [2.05, 4.69) is 10.3 Å². The quantitative estimate of drug-likeness (QED) is 0.857. The largest absolute Gasteiger partial charge is 0.372 e. The fraction of sp³-hybridized carbons (Fsp3) is 0.583. The lowest BCUT2D eigenvalue weighted by atomic mass is 10.1. The molecule has 0 aliphatic carbocycles. The third-order valence-corrected chi connectivity index (χ3v) is 4.82. The first-order valence-corrected chi connectivity index (χ1v) is 7.46. The van der Waals surface area contributed by atoms with Crippen molar-refractivity contribution in [3.8, 4) is 0 Å². The van der Waals surface area contributed by atoms with Crippen LogP contribution in [0.25, 0.3) is 0 Å². The van der Waals surface area contributed by atoms with Crippen LogP contribution >= 0.6 is 0 Å². The Morgan fingerprint density at radius 1 is 1.50 bits per heavy atom. The van der Waals surface area contributed by atoms with Crippen LogP contribution in [0.3, 0.4) is 0 Å². The maximum Gasteiger partial charge on any atom is 0.246 e. The van der Waals surface area contributed by atoms with Crippen molar-refractivity contribution >= 4 is 15.8 Å². The van der Waals surface area contributed by atoms with E-state index in [0.29, 0.717) is 18.3 Å². The van der Waals surface area contributed by atoms with E-state index >= 15 is 0 Å². The standard InChI is InChI=1S/C12H21N3O2S/c1-5-10(2)9-15(4)18(16,17)11-7-6-8-14-12(11)13-3/h6-8,10H,5,9H2,1-4H3,(H,13,14). The Bertz CT molecular complexity index is 488. The predicted molar refractivity (Wildman–Crippen MR) is 73.1 cm³/mol. The SMILES string of the molecule is CCC(C)CN(C)S(=O)(=O)c1cccnc1NC. The van der Waals surface area contributed by atoms with Gasteiger partial charge in [0.2, 0.25) is 10.0 Å². The molecule has 1 heterocycles. The molecule has 1 N–H and O–H groups in total. The van der Waals surface area contributed by atoms with E-state index in [0.717, 1.165) is 6.42 Å².